The van der Waals surface area contributed by atoms with Crippen LogP contribution in [0.15, 0.2) is 27.6 Å². The molecule has 0 saturated heterocycles. The molecule has 1 aliphatic heterocycles. The molecule has 0 aliphatic carbocycles. The van der Waals surface area contributed by atoms with Gasteiger partial charge in [-0.3, -0.25) is 0 Å². The highest BCUT2D eigenvalue weighted by Crippen LogP contribution is 2.23. The first-order chi connectivity index (χ1) is 11.5. The number of hydrogen-bond donors (Lipinski definition) is 2. The van der Waals surface area contributed by atoms with Crippen molar-refractivity contribution in [1.29, 1.82) is 0 Å². The minimum atomic E-state index is -3.64. The Kier molecular flexibility index (Phi) is 6.53. The van der Waals surface area contributed by atoms with E-state index >= 15 is 0 Å². The molecule has 2 N–H and O–H groups in total. The number of halogens is 1. The normalized spacial score (nSPS) is 14.8. The lowest BCUT2D eigenvalue weighted by atomic mass is 10.1. The van der Waals surface area contributed by atoms with Crippen molar-refractivity contribution in [3.63, 3.8) is 0 Å². The number of likely N-dealkylation sites (N-methyl/N-ethyl adjacent to an activating group) is 1. The zero-order valence-electron chi connectivity index (χ0n) is 14.0. The molecule has 1 aliphatic rings. The second-order valence-electron chi connectivity index (χ2n) is 5.75. The third kappa shape index (κ3) is 4.77. The number of fused-ring (bicyclic) bond motifs is 1. The predicted molar refractivity (Wildman–Crippen MR) is 92.7 cm³/mol. The molecular weight excluding hydrogens is 368 g/mol. The molecule has 1 unspecified atom stereocenters. The summed E-state index contributed by atoms with van der Waals surface area (Å²) in [5.74, 6) is 0.780. The Hall–Kier alpha value is -1.52. The number of hydrogen-bond acceptors (Lipinski definition) is 7. The molecule has 1 aromatic carbocycles. The first-order valence-corrected chi connectivity index (χ1v) is 9.14. The maximum absolute atomic E-state index is 12.4. The Balaban J connectivity index is 0.00000225. The van der Waals surface area contributed by atoms with Crippen LogP contribution in [0.25, 0.3) is 0 Å². The van der Waals surface area contributed by atoms with E-state index in [4.69, 9.17) is 9.26 Å². The summed E-state index contributed by atoms with van der Waals surface area (Å²) < 4.78 is 37.6. The Morgan fingerprint density at radius 3 is 2.80 bits per heavy atom. The van der Waals surface area contributed by atoms with Crippen molar-refractivity contribution in [3.05, 3.63) is 41.0 Å². The Morgan fingerprint density at radius 2 is 2.04 bits per heavy atom. The standard InChI is InChI=1S/C15H20N4O4S.ClH/c1-10(16-2)5-14-18-15(23-19-14)7-17-24(20,21)13-4-3-11-8-22-9-12(11)6-13;/h3-4,6,10,16-17H,5,7-9H2,1-2H3;1H. The van der Waals surface area contributed by atoms with Gasteiger partial charge in [0.1, 0.15) is 0 Å². The molecule has 2 heterocycles. The quantitative estimate of drug-likeness (QED) is 0.732. The number of ether oxygens (including phenoxy) is 1. The van der Waals surface area contributed by atoms with Gasteiger partial charge in [-0.25, -0.2) is 13.1 Å². The van der Waals surface area contributed by atoms with Crippen LogP contribution in [-0.4, -0.2) is 31.6 Å². The second-order valence-corrected chi connectivity index (χ2v) is 7.51. The molecule has 2 aromatic rings. The van der Waals surface area contributed by atoms with Crippen LogP contribution in [0.3, 0.4) is 0 Å². The number of sulfonamides is 1. The predicted octanol–water partition coefficient (Wildman–Crippen LogP) is 1.15. The van der Waals surface area contributed by atoms with Crippen LogP contribution in [0.2, 0.25) is 0 Å². The largest absolute Gasteiger partial charge is 0.372 e. The highest BCUT2D eigenvalue weighted by molar-refractivity contribution is 7.89. The number of nitrogens with zero attached hydrogens (tertiary/aromatic N) is 2. The minimum absolute atomic E-state index is 0. The molecule has 0 amide bonds. The van der Waals surface area contributed by atoms with Crippen LogP contribution in [0.1, 0.15) is 29.8 Å². The summed E-state index contributed by atoms with van der Waals surface area (Å²) in [7, 11) is -1.80. The minimum Gasteiger partial charge on any atom is -0.372 e. The topological polar surface area (TPSA) is 106 Å². The van der Waals surface area contributed by atoms with E-state index in [1.54, 1.807) is 18.2 Å². The summed E-state index contributed by atoms with van der Waals surface area (Å²) in [4.78, 5) is 4.39. The van der Waals surface area contributed by atoms with Gasteiger partial charge in [0.05, 0.1) is 24.7 Å². The Morgan fingerprint density at radius 1 is 1.28 bits per heavy atom. The van der Waals surface area contributed by atoms with Gasteiger partial charge in [0.15, 0.2) is 5.82 Å². The molecule has 3 rings (SSSR count). The average Bonchev–Trinajstić information content (AvgIpc) is 3.21. The van der Waals surface area contributed by atoms with Crippen LogP contribution >= 0.6 is 12.4 Å². The van der Waals surface area contributed by atoms with E-state index < -0.39 is 10.0 Å². The lowest BCUT2D eigenvalue weighted by molar-refractivity contribution is 0.134. The van der Waals surface area contributed by atoms with Crippen molar-refractivity contribution >= 4 is 22.4 Å². The molecule has 138 valence electrons. The first kappa shape index (κ1) is 19.8. The summed E-state index contributed by atoms with van der Waals surface area (Å²) in [6.45, 7) is 2.92. The van der Waals surface area contributed by atoms with Gasteiger partial charge in [-0.15, -0.1) is 12.4 Å². The SMILES string of the molecule is CNC(C)Cc1noc(CNS(=O)(=O)c2ccc3c(c2)COC3)n1.Cl. The van der Waals surface area contributed by atoms with Crippen molar-refractivity contribution in [2.24, 2.45) is 0 Å². The average molecular weight is 389 g/mol. The third-order valence-electron chi connectivity index (χ3n) is 3.91. The molecule has 10 heteroatoms. The number of aromatic nitrogens is 2. The summed E-state index contributed by atoms with van der Waals surface area (Å²) in [6.07, 6.45) is 0.609. The molecule has 25 heavy (non-hydrogen) atoms. The molecule has 8 nitrogen and oxygen atoms in total. The summed E-state index contributed by atoms with van der Waals surface area (Å²) in [5, 5.41) is 6.92. The molecule has 0 fully saturated rings. The Bertz CT molecular complexity index is 825. The monoisotopic (exact) mass is 388 g/mol. The van der Waals surface area contributed by atoms with Gasteiger partial charge in [0.25, 0.3) is 0 Å². The fourth-order valence-electron chi connectivity index (χ4n) is 2.38. The van der Waals surface area contributed by atoms with Crippen LogP contribution in [0, 0.1) is 0 Å². The number of rotatable bonds is 7. The van der Waals surface area contributed by atoms with E-state index in [-0.39, 0.29) is 35.8 Å². The lowest BCUT2D eigenvalue weighted by Gasteiger charge is -2.06. The van der Waals surface area contributed by atoms with E-state index in [0.717, 1.165) is 11.1 Å². The maximum Gasteiger partial charge on any atom is 0.241 e. The van der Waals surface area contributed by atoms with E-state index in [1.807, 2.05) is 14.0 Å². The van der Waals surface area contributed by atoms with E-state index in [0.29, 0.717) is 25.5 Å². The highest BCUT2D eigenvalue weighted by atomic mass is 35.5. The van der Waals surface area contributed by atoms with Crippen molar-refractivity contribution in [2.45, 2.75) is 44.0 Å². The molecule has 0 bridgehead atoms. The zero-order chi connectivity index (χ0) is 17.2. The van der Waals surface area contributed by atoms with E-state index in [9.17, 15) is 8.42 Å². The fraction of sp³-hybridized carbons (Fsp3) is 0.467. The lowest BCUT2D eigenvalue weighted by Crippen LogP contribution is -2.24. The van der Waals surface area contributed by atoms with Crippen LogP contribution < -0.4 is 10.0 Å². The van der Waals surface area contributed by atoms with Gasteiger partial charge < -0.3 is 14.6 Å². The molecule has 0 radical (unpaired) electrons. The highest BCUT2D eigenvalue weighted by Gasteiger charge is 2.20. The van der Waals surface area contributed by atoms with Gasteiger partial charge in [-0.2, -0.15) is 4.98 Å². The summed E-state index contributed by atoms with van der Waals surface area (Å²) in [6, 6.07) is 5.20. The fourth-order valence-corrected chi connectivity index (χ4v) is 3.40. The Labute approximate surface area is 152 Å². The summed E-state index contributed by atoms with van der Waals surface area (Å²) in [5.41, 5.74) is 1.92. The van der Waals surface area contributed by atoms with Crippen LogP contribution in [0.4, 0.5) is 0 Å². The van der Waals surface area contributed by atoms with Gasteiger partial charge in [-0.05, 0) is 37.2 Å². The smallest absolute Gasteiger partial charge is 0.241 e. The first-order valence-electron chi connectivity index (χ1n) is 7.66. The van der Waals surface area contributed by atoms with Crippen LogP contribution in [0.5, 0.6) is 0 Å². The molecular formula is C15H21ClN4O4S. The summed E-state index contributed by atoms with van der Waals surface area (Å²) >= 11 is 0. The molecule has 0 spiro atoms. The zero-order valence-corrected chi connectivity index (χ0v) is 15.6. The van der Waals surface area contributed by atoms with Crippen molar-refractivity contribution in [1.82, 2.24) is 20.2 Å². The van der Waals surface area contributed by atoms with E-state index in [2.05, 4.69) is 20.2 Å². The number of nitrogens with one attached hydrogen (secondary N) is 2. The van der Waals surface area contributed by atoms with Gasteiger partial charge in [0, 0.05) is 12.5 Å². The molecule has 1 atom stereocenters. The number of benzene rings is 1. The maximum atomic E-state index is 12.4. The van der Waals surface area contributed by atoms with Gasteiger partial charge in [-0.1, -0.05) is 11.2 Å². The molecule has 1 aromatic heterocycles. The van der Waals surface area contributed by atoms with Crippen molar-refractivity contribution in [3.8, 4) is 0 Å². The molecule has 0 saturated carbocycles. The third-order valence-corrected chi connectivity index (χ3v) is 5.31. The van der Waals surface area contributed by atoms with Gasteiger partial charge in [0.2, 0.25) is 15.9 Å². The van der Waals surface area contributed by atoms with Crippen molar-refractivity contribution in [2.75, 3.05) is 7.05 Å². The van der Waals surface area contributed by atoms with Crippen LogP contribution in [-0.2, 0) is 40.9 Å². The second kappa shape index (κ2) is 8.24. The van der Waals surface area contributed by atoms with Gasteiger partial charge >= 0.3 is 0 Å². The van der Waals surface area contributed by atoms with E-state index in [1.165, 1.54) is 0 Å². The van der Waals surface area contributed by atoms with Crippen molar-refractivity contribution < 1.29 is 17.7 Å².